The van der Waals surface area contributed by atoms with Gasteiger partial charge < -0.3 is 15.2 Å². The number of carboxylic acid groups (broad SMARTS) is 1. The average molecular weight is 269 g/mol. The Morgan fingerprint density at radius 1 is 1.47 bits per heavy atom. The molecule has 1 aromatic carbocycles. The van der Waals surface area contributed by atoms with Crippen molar-refractivity contribution in [3.05, 3.63) is 35.6 Å². The summed E-state index contributed by atoms with van der Waals surface area (Å²) in [5.41, 5.74) is 0.485. The third-order valence-electron chi connectivity index (χ3n) is 2.69. The van der Waals surface area contributed by atoms with Crippen LogP contribution in [-0.4, -0.2) is 36.7 Å². The molecule has 0 heterocycles. The minimum Gasteiger partial charge on any atom is -0.480 e. The number of benzene rings is 1. The molecule has 0 spiro atoms. The van der Waals surface area contributed by atoms with Gasteiger partial charge in [0, 0.05) is 7.11 Å². The Balaban J connectivity index is 2.74. The number of rotatable bonds is 6. The smallest absolute Gasteiger partial charge is 0.328 e. The van der Waals surface area contributed by atoms with Gasteiger partial charge in [0.2, 0.25) is 5.91 Å². The molecule has 2 N–H and O–H groups in total. The van der Waals surface area contributed by atoms with Gasteiger partial charge in [-0.1, -0.05) is 12.1 Å². The third-order valence-corrected chi connectivity index (χ3v) is 2.69. The van der Waals surface area contributed by atoms with Gasteiger partial charge in [0.25, 0.3) is 0 Å². The van der Waals surface area contributed by atoms with Gasteiger partial charge in [-0.05, 0) is 24.6 Å². The fourth-order valence-corrected chi connectivity index (χ4v) is 1.57. The van der Waals surface area contributed by atoms with Crippen LogP contribution in [0.4, 0.5) is 4.39 Å². The van der Waals surface area contributed by atoms with Crippen LogP contribution in [0.3, 0.4) is 0 Å². The van der Waals surface area contributed by atoms with E-state index >= 15 is 0 Å². The molecule has 0 fully saturated rings. The number of nitrogens with one attached hydrogen (secondary N) is 1. The van der Waals surface area contributed by atoms with E-state index in [0.717, 1.165) is 0 Å². The summed E-state index contributed by atoms with van der Waals surface area (Å²) in [5, 5.41) is 11.2. The zero-order chi connectivity index (χ0) is 14.4. The van der Waals surface area contributed by atoms with Crippen LogP contribution in [0.2, 0.25) is 0 Å². The van der Waals surface area contributed by atoms with Crippen LogP contribution in [0, 0.1) is 5.82 Å². The van der Waals surface area contributed by atoms with Crippen molar-refractivity contribution < 1.29 is 23.8 Å². The molecule has 0 bridgehead atoms. The highest BCUT2D eigenvalue weighted by atomic mass is 19.1. The number of aliphatic carboxylic acids is 1. The predicted molar refractivity (Wildman–Crippen MR) is 66.3 cm³/mol. The molecule has 1 amide bonds. The first-order chi connectivity index (χ1) is 8.95. The molecule has 0 aromatic heterocycles. The van der Waals surface area contributed by atoms with E-state index in [2.05, 4.69) is 5.32 Å². The van der Waals surface area contributed by atoms with Gasteiger partial charge in [-0.25, -0.2) is 9.18 Å². The monoisotopic (exact) mass is 269 g/mol. The largest absolute Gasteiger partial charge is 0.480 e. The van der Waals surface area contributed by atoms with Gasteiger partial charge in [-0.3, -0.25) is 4.79 Å². The molecule has 2 atom stereocenters. The Hall–Kier alpha value is -1.95. The van der Waals surface area contributed by atoms with E-state index in [0.29, 0.717) is 5.56 Å². The molecule has 0 saturated heterocycles. The van der Waals surface area contributed by atoms with Gasteiger partial charge in [-0.15, -0.1) is 0 Å². The number of ether oxygens (including phenoxy) is 1. The number of hydrogen-bond donors (Lipinski definition) is 2. The highest BCUT2D eigenvalue weighted by Crippen LogP contribution is 2.16. The van der Waals surface area contributed by atoms with Gasteiger partial charge in [0.15, 0.2) is 6.04 Å². The molecule has 2 unspecified atom stereocenters. The maximum atomic E-state index is 13.1. The van der Waals surface area contributed by atoms with Crippen molar-refractivity contribution >= 4 is 11.9 Å². The van der Waals surface area contributed by atoms with Crippen LogP contribution in [0.15, 0.2) is 24.3 Å². The number of amides is 1. The van der Waals surface area contributed by atoms with E-state index in [1.807, 2.05) is 0 Å². The Bertz CT molecular complexity index is 464. The predicted octanol–water partition coefficient (Wildman–Crippen LogP) is 1.15. The van der Waals surface area contributed by atoms with Crippen molar-refractivity contribution in [3.8, 4) is 0 Å². The molecule has 0 aliphatic rings. The number of hydrogen-bond acceptors (Lipinski definition) is 3. The van der Waals surface area contributed by atoms with Crippen LogP contribution in [0.1, 0.15) is 18.4 Å². The minimum atomic E-state index is -1.18. The average Bonchev–Trinajstić information content (AvgIpc) is 2.37. The van der Waals surface area contributed by atoms with E-state index in [1.54, 1.807) is 13.0 Å². The number of methoxy groups -OCH3 is 1. The number of halogens is 1. The highest BCUT2D eigenvalue weighted by molar-refractivity contribution is 5.87. The Morgan fingerprint density at radius 3 is 2.68 bits per heavy atom. The van der Waals surface area contributed by atoms with Gasteiger partial charge in [0.05, 0.1) is 12.5 Å². The lowest BCUT2D eigenvalue weighted by atomic mass is 10.00. The summed E-state index contributed by atoms with van der Waals surface area (Å²) in [6.07, 6.45) is 0. The zero-order valence-corrected chi connectivity index (χ0v) is 10.7. The van der Waals surface area contributed by atoms with Gasteiger partial charge in [-0.2, -0.15) is 0 Å². The molecule has 104 valence electrons. The third kappa shape index (κ3) is 4.33. The van der Waals surface area contributed by atoms with Crippen molar-refractivity contribution in [2.45, 2.75) is 18.9 Å². The molecule has 1 rings (SSSR count). The van der Waals surface area contributed by atoms with Crippen molar-refractivity contribution in [3.63, 3.8) is 0 Å². The van der Waals surface area contributed by atoms with Crippen molar-refractivity contribution in [1.29, 1.82) is 0 Å². The lowest BCUT2D eigenvalue weighted by molar-refractivity contribution is -0.143. The molecule has 0 radical (unpaired) electrons. The Labute approximate surface area is 110 Å². The summed E-state index contributed by atoms with van der Waals surface area (Å²) in [6, 6.07) is 4.51. The molecule has 0 aliphatic heterocycles. The van der Waals surface area contributed by atoms with Crippen molar-refractivity contribution in [1.82, 2.24) is 5.32 Å². The SMILES string of the molecule is COCC(NC(=O)C(C)c1cccc(F)c1)C(=O)O. The normalized spacial score (nSPS) is 13.6. The number of carbonyl (C=O) groups excluding carboxylic acids is 1. The van der Waals surface area contributed by atoms with E-state index in [9.17, 15) is 14.0 Å². The van der Waals surface area contributed by atoms with E-state index in [1.165, 1.54) is 25.3 Å². The second-order valence-electron chi connectivity index (χ2n) is 4.13. The molecule has 5 nitrogen and oxygen atoms in total. The zero-order valence-electron chi connectivity index (χ0n) is 10.7. The molecule has 6 heteroatoms. The standard InChI is InChI=1S/C13H16FNO4/c1-8(9-4-3-5-10(14)6-9)12(16)15-11(7-19-2)13(17)18/h3-6,8,11H,7H2,1-2H3,(H,15,16)(H,17,18). The molecule has 1 aromatic rings. The Kier molecular flexibility index (Phi) is 5.44. The van der Waals surface area contributed by atoms with Crippen LogP contribution in [0.5, 0.6) is 0 Å². The minimum absolute atomic E-state index is 0.128. The lowest BCUT2D eigenvalue weighted by Crippen LogP contribution is -2.45. The summed E-state index contributed by atoms with van der Waals surface area (Å²) in [7, 11) is 1.35. The second kappa shape index (κ2) is 6.84. The van der Waals surface area contributed by atoms with Crippen LogP contribution < -0.4 is 5.32 Å². The summed E-state index contributed by atoms with van der Waals surface area (Å²) < 4.78 is 17.8. The van der Waals surface area contributed by atoms with Crippen molar-refractivity contribution in [2.75, 3.05) is 13.7 Å². The first kappa shape index (κ1) is 15.1. The molecule has 0 saturated carbocycles. The summed E-state index contributed by atoms with van der Waals surface area (Å²) >= 11 is 0. The first-order valence-electron chi connectivity index (χ1n) is 5.73. The van der Waals surface area contributed by atoms with Crippen LogP contribution in [0.25, 0.3) is 0 Å². The highest BCUT2D eigenvalue weighted by Gasteiger charge is 2.23. The second-order valence-corrected chi connectivity index (χ2v) is 4.13. The fourth-order valence-electron chi connectivity index (χ4n) is 1.57. The molecule has 0 aliphatic carbocycles. The molecular weight excluding hydrogens is 253 g/mol. The summed E-state index contributed by atoms with van der Waals surface area (Å²) in [5.74, 6) is -2.75. The van der Waals surface area contributed by atoms with E-state index in [-0.39, 0.29) is 6.61 Å². The molecular formula is C13H16FNO4. The van der Waals surface area contributed by atoms with Crippen molar-refractivity contribution in [2.24, 2.45) is 0 Å². The quantitative estimate of drug-likeness (QED) is 0.812. The van der Waals surface area contributed by atoms with E-state index in [4.69, 9.17) is 9.84 Å². The maximum absolute atomic E-state index is 13.1. The van der Waals surface area contributed by atoms with Gasteiger partial charge in [0.1, 0.15) is 5.82 Å². The van der Waals surface area contributed by atoms with Crippen LogP contribution >= 0.6 is 0 Å². The lowest BCUT2D eigenvalue weighted by Gasteiger charge is -2.17. The first-order valence-corrected chi connectivity index (χ1v) is 5.73. The molecule has 19 heavy (non-hydrogen) atoms. The number of carboxylic acids is 1. The Morgan fingerprint density at radius 2 is 2.16 bits per heavy atom. The topological polar surface area (TPSA) is 75.6 Å². The maximum Gasteiger partial charge on any atom is 0.328 e. The number of carbonyl (C=O) groups is 2. The van der Waals surface area contributed by atoms with E-state index < -0.39 is 29.7 Å². The summed E-state index contributed by atoms with van der Waals surface area (Å²) in [4.78, 5) is 22.8. The fraction of sp³-hybridized carbons (Fsp3) is 0.385. The van der Waals surface area contributed by atoms with Gasteiger partial charge >= 0.3 is 5.97 Å². The summed E-state index contributed by atoms with van der Waals surface area (Å²) in [6.45, 7) is 1.45. The van der Waals surface area contributed by atoms with Crippen LogP contribution in [-0.2, 0) is 14.3 Å².